The molecule has 1 aliphatic heterocycles. The Morgan fingerprint density at radius 3 is 2.62 bits per heavy atom. The summed E-state index contributed by atoms with van der Waals surface area (Å²) >= 11 is 0. The van der Waals surface area contributed by atoms with Crippen LogP contribution in [-0.2, 0) is 10.7 Å². The predicted octanol–water partition coefficient (Wildman–Crippen LogP) is 4.23. The number of anilines is 1. The maximum Gasteiger partial charge on any atom is 0.413 e. The Hall–Kier alpha value is -3.62. The van der Waals surface area contributed by atoms with Crippen molar-refractivity contribution in [2.45, 2.75) is 25.9 Å². The molecule has 9 heteroatoms. The number of hydrogen-bond acceptors (Lipinski definition) is 5. The molecule has 0 spiro atoms. The van der Waals surface area contributed by atoms with Crippen molar-refractivity contribution in [3.8, 4) is 22.5 Å². The van der Waals surface area contributed by atoms with E-state index in [1.807, 2.05) is 0 Å². The van der Waals surface area contributed by atoms with Gasteiger partial charge in [-0.1, -0.05) is 0 Å². The third-order valence-corrected chi connectivity index (χ3v) is 4.58. The number of aromatic nitrogens is 3. The van der Waals surface area contributed by atoms with Gasteiger partial charge in [-0.05, 0) is 31.2 Å². The summed E-state index contributed by atoms with van der Waals surface area (Å²) in [5, 5.41) is 2.51. The maximum absolute atomic E-state index is 14.2. The van der Waals surface area contributed by atoms with Crippen LogP contribution >= 0.6 is 0 Å². The number of fused-ring (bicyclic) bond motifs is 1. The van der Waals surface area contributed by atoms with Gasteiger partial charge in [-0.15, -0.1) is 0 Å². The van der Waals surface area contributed by atoms with E-state index in [-0.39, 0.29) is 22.5 Å². The van der Waals surface area contributed by atoms with Gasteiger partial charge in [-0.2, -0.15) is 0 Å². The number of ether oxygens (including phenoxy) is 1. The number of halogens is 2. The summed E-state index contributed by atoms with van der Waals surface area (Å²) < 4.78 is 33.6. The number of alkyl halides is 2. The van der Waals surface area contributed by atoms with Crippen LogP contribution in [0.5, 0.6) is 0 Å². The first-order chi connectivity index (χ1) is 13.7. The lowest BCUT2D eigenvalue weighted by molar-refractivity contribution is 0.0175. The summed E-state index contributed by atoms with van der Waals surface area (Å²) in [5.74, 6) is -2.84. The van der Waals surface area contributed by atoms with E-state index in [0.29, 0.717) is 22.5 Å². The van der Waals surface area contributed by atoms with E-state index in [1.54, 1.807) is 19.1 Å². The normalized spacial score (nSPS) is 16.0. The molecule has 2 N–H and O–H groups in total. The highest BCUT2D eigenvalue weighted by atomic mass is 19.3. The Balaban J connectivity index is 1.96. The minimum atomic E-state index is -3.13. The molecule has 29 heavy (non-hydrogen) atoms. The number of H-pyrrole nitrogens is 1. The van der Waals surface area contributed by atoms with E-state index in [1.165, 1.54) is 30.6 Å². The molecule has 148 valence electrons. The Bertz CT molecular complexity index is 1170. The van der Waals surface area contributed by atoms with Gasteiger partial charge in [0.2, 0.25) is 5.56 Å². The number of amides is 1. The van der Waals surface area contributed by atoms with E-state index in [2.05, 4.69) is 20.3 Å². The molecule has 1 atom stereocenters. The zero-order chi connectivity index (χ0) is 20.8. The summed E-state index contributed by atoms with van der Waals surface area (Å²) in [6.07, 6.45) is 1.60. The van der Waals surface area contributed by atoms with Gasteiger partial charge < -0.3 is 9.72 Å². The van der Waals surface area contributed by atoms with Crippen molar-refractivity contribution in [1.82, 2.24) is 15.0 Å². The maximum atomic E-state index is 14.2. The van der Waals surface area contributed by atoms with Crippen LogP contribution in [0.3, 0.4) is 0 Å². The highest BCUT2D eigenvalue weighted by Gasteiger charge is 2.30. The molecule has 3 aromatic rings. The number of pyridine rings is 3. The molecule has 0 fully saturated rings. The Morgan fingerprint density at radius 2 is 1.90 bits per heavy atom. The molecule has 1 unspecified atom stereocenters. The van der Waals surface area contributed by atoms with Crippen LogP contribution in [0.1, 0.15) is 31.1 Å². The molecule has 0 aliphatic carbocycles. The second kappa shape index (κ2) is 6.77. The largest absolute Gasteiger partial charge is 0.441 e. The molecule has 3 aromatic heterocycles. The minimum Gasteiger partial charge on any atom is -0.441 e. The van der Waals surface area contributed by atoms with E-state index < -0.39 is 18.1 Å². The summed E-state index contributed by atoms with van der Waals surface area (Å²) in [7, 11) is 0. The molecule has 4 rings (SSSR count). The predicted molar refractivity (Wildman–Crippen MR) is 102 cm³/mol. The van der Waals surface area contributed by atoms with E-state index in [0.717, 1.165) is 6.92 Å². The summed E-state index contributed by atoms with van der Waals surface area (Å²) in [4.78, 5) is 34.4. The molecule has 0 aromatic carbocycles. The van der Waals surface area contributed by atoms with Gasteiger partial charge in [0, 0.05) is 47.6 Å². The van der Waals surface area contributed by atoms with Gasteiger partial charge in [0.25, 0.3) is 5.92 Å². The van der Waals surface area contributed by atoms with Crippen molar-refractivity contribution in [2.75, 3.05) is 5.32 Å². The first-order valence-corrected chi connectivity index (χ1v) is 8.79. The molecule has 0 bridgehead atoms. The second-order valence-electron chi connectivity index (χ2n) is 6.75. The van der Waals surface area contributed by atoms with Gasteiger partial charge in [0.1, 0.15) is 11.9 Å². The van der Waals surface area contributed by atoms with Crippen LogP contribution < -0.4 is 10.9 Å². The second-order valence-corrected chi connectivity index (χ2v) is 6.75. The monoisotopic (exact) mass is 398 g/mol. The van der Waals surface area contributed by atoms with Crippen molar-refractivity contribution in [3.63, 3.8) is 0 Å². The average molecular weight is 398 g/mol. The van der Waals surface area contributed by atoms with Crippen LogP contribution in [0.25, 0.3) is 22.5 Å². The van der Waals surface area contributed by atoms with Crippen LogP contribution in [-0.4, -0.2) is 21.0 Å². The number of nitrogens with zero attached hydrogens (tertiary/aromatic N) is 2. The molecule has 0 radical (unpaired) electrons. The topological polar surface area (TPSA) is 97.0 Å². The van der Waals surface area contributed by atoms with E-state index in [4.69, 9.17) is 4.74 Å². The Morgan fingerprint density at radius 1 is 1.14 bits per heavy atom. The van der Waals surface area contributed by atoms with Gasteiger partial charge in [0.15, 0.2) is 0 Å². The SMILES string of the molecule is CC1OC(=O)Nc2nccc(-c3cc(C(C)(F)F)cc(-c4cc[nH]c(=O)c4)n3)c21. The molecule has 1 aliphatic rings. The lowest BCUT2D eigenvalue weighted by atomic mass is 9.97. The molecule has 4 heterocycles. The number of aromatic amines is 1. The number of rotatable bonds is 3. The summed E-state index contributed by atoms with van der Waals surface area (Å²) in [5.41, 5.74) is 1.30. The zero-order valence-corrected chi connectivity index (χ0v) is 15.5. The third kappa shape index (κ3) is 3.58. The fourth-order valence-electron chi connectivity index (χ4n) is 3.23. The smallest absolute Gasteiger partial charge is 0.413 e. The molecular formula is C20H16F2N4O3. The first-order valence-electron chi connectivity index (χ1n) is 8.79. The lowest BCUT2D eigenvalue weighted by Crippen LogP contribution is -2.24. The van der Waals surface area contributed by atoms with E-state index >= 15 is 0 Å². The standard InChI is InChI=1S/C20H16F2N4O3/c1-10-17-13(4-6-24-18(17)26-19(28)29-10)15-9-12(20(2,21)22)8-14(25-15)11-3-5-23-16(27)7-11/h3-10H,1-2H3,(H,23,27)(H,24,26,28). The number of nitrogens with one attached hydrogen (secondary N) is 2. The fourth-order valence-corrected chi connectivity index (χ4v) is 3.23. The van der Waals surface area contributed by atoms with Crippen molar-refractivity contribution < 1.29 is 18.3 Å². The van der Waals surface area contributed by atoms with Gasteiger partial charge in [-0.25, -0.2) is 23.5 Å². The van der Waals surface area contributed by atoms with Gasteiger partial charge >= 0.3 is 6.09 Å². The van der Waals surface area contributed by atoms with Crippen LogP contribution in [0, 0.1) is 0 Å². The number of carbonyl (C=O) groups excluding carboxylic acids is 1. The van der Waals surface area contributed by atoms with Crippen LogP contribution in [0.2, 0.25) is 0 Å². The van der Waals surface area contributed by atoms with Crippen molar-refractivity contribution in [1.29, 1.82) is 0 Å². The molecule has 0 saturated heterocycles. The molecule has 1 amide bonds. The van der Waals surface area contributed by atoms with Crippen molar-refractivity contribution in [3.05, 3.63) is 64.2 Å². The number of hydrogen-bond donors (Lipinski definition) is 2. The molecule has 7 nitrogen and oxygen atoms in total. The fraction of sp³-hybridized carbons (Fsp3) is 0.200. The molecule has 0 saturated carbocycles. The van der Waals surface area contributed by atoms with Crippen LogP contribution in [0.15, 0.2) is 47.5 Å². The summed E-state index contributed by atoms with van der Waals surface area (Å²) in [6, 6.07) is 7.04. The van der Waals surface area contributed by atoms with Gasteiger partial charge in [-0.3, -0.25) is 10.1 Å². The first kappa shape index (κ1) is 18.7. The van der Waals surface area contributed by atoms with Crippen LogP contribution in [0.4, 0.5) is 19.4 Å². The Labute approximate surface area is 163 Å². The van der Waals surface area contributed by atoms with Gasteiger partial charge in [0.05, 0.1) is 11.4 Å². The summed E-state index contributed by atoms with van der Waals surface area (Å²) in [6.45, 7) is 2.46. The minimum absolute atomic E-state index is 0.226. The number of carbonyl (C=O) groups is 1. The van der Waals surface area contributed by atoms with Crippen molar-refractivity contribution >= 4 is 11.9 Å². The highest BCUT2D eigenvalue weighted by molar-refractivity contribution is 5.89. The van der Waals surface area contributed by atoms with E-state index in [9.17, 15) is 18.4 Å². The lowest BCUT2D eigenvalue weighted by Gasteiger charge is -2.25. The third-order valence-electron chi connectivity index (χ3n) is 4.58. The zero-order valence-electron chi connectivity index (χ0n) is 15.5. The Kier molecular flexibility index (Phi) is 4.37. The average Bonchev–Trinajstić information content (AvgIpc) is 2.66. The quantitative estimate of drug-likeness (QED) is 0.688. The van der Waals surface area contributed by atoms with Crippen molar-refractivity contribution in [2.24, 2.45) is 0 Å². The highest BCUT2D eigenvalue weighted by Crippen LogP contribution is 2.39. The molecular weight excluding hydrogens is 382 g/mol. The number of cyclic esters (lactones) is 1.